The molecule has 0 amide bonds. The van der Waals surface area contributed by atoms with Gasteiger partial charge in [-0.1, -0.05) is 0 Å². The van der Waals surface area contributed by atoms with Crippen molar-refractivity contribution < 1.29 is 15.0 Å². The Bertz CT molecular complexity index is 570. The number of phenols is 2. The summed E-state index contributed by atoms with van der Waals surface area (Å²) in [6, 6.07) is 9.72. The number of rotatable bonds is 2. The predicted molar refractivity (Wildman–Crippen MR) is 76.0 cm³/mol. The van der Waals surface area contributed by atoms with Crippen molar-refractivity contribution in [1.29, 1.82) is 0 Å². The van der Waals surface area contributed by atoms with Crippen LogP contribution in [-0.2, 0) is 0 Å². The summed E-state index contributed by atoms with van der Waals surface area (Å²) in [5, 5.41) is 19.2. The normalized spacial score (nSPS) is 10.3. The monoisotopic (exact) mass is 366 g/mol. The number of hydrogen-bond acceptors (Lipinski definition) is 3. The van der Waals surface area contributed by atoms with E-state index in [9.17, 15) is 15.0 Å². The van der Waals surface area contributed by atoms with Gasteiger partial charge in [0, 0.05) is 0 Å². The summed E-state index contributed by atoms with van der Waals surface area (Å²) in [6.07, 6.45) is 0. The molecule has 2 aromatic carbocycles. The van der Waals surface area contributed by atoms with Gasteiger partial charge >= 0.3 is 122 Å². The number of ketones is 1. The Morgan fingerprint density at radius 1 is 0.833 bits per heavy atom. The molecule has 18 heavy (non-hydrogen) atoms. The molecule has 0 fully saturated rings. The molecule has 0 aromatic heterocycles. The summed E-state index contributed by atoms with van der Waals surface area (Å²) in [6.45, 7) is 0. The average molecular weight is 366 g/mol. The van der Waals surface area contributed by atoms with E-state index in [2.05, 4.69) is 0 Å². The summed E-state index contributed by atoms with van der Waals surface area (Å²) in [5.74, 6) is 0.0432. The van der Waals surface area contributed by atoms with Crippen molar-refractivity contribution in [1.82, 2.24) is 0 Å². The van der Waals surface area contributed by atoms with Crippen LogP contribution in [0.15, 0.2) is 36.4 Å². The maximum absolute atomic E-state index is 12.2. The quantitative estimate of drug-likeness (QED) is 0.521. The standard InChI is InChI=1S/C13H12As2O3/c14-9-3-1-7(5-11(9)16)13(18)8-2-4-10(15)12(17)6-8/h1-6,16-17H,14-15H2. The van der Waals surface area contributed by atoms with E-state index in [1.807, 2.05) is 0 Å². The molecule has 0 heterocycles. The number of aromatic hydroxyl groups is 2. The fourth-order valence-corrected chi connectivity index (χ4v) is 2.29. The van der Waals surface area contributed by atoms with Crippen LogP contribution in [0.4, 0.5) is 0 Å². The minimum absolute atomic E-state index is 0.125. The van der Waals surface area contributed by atoms with Crippen LogP contribution < -0.4 is 8.70 Å². The Morgan fingerprint density at radius 3 is 1.56 bits per heavy atom. The number of benzene rings is 2. The SMILES string of the molecule is O=C(c1ccc([AsH2])c(O)c1)c1ccc([AsH2])c(O)c1. The molecule has 2 atom stereocenters. The molecular formula is C13H12As2O3. The minimum atomic E-state index is -0.208. The Kier molecular flexibility index (Phi) is 3.84. The van der Waals surface area contributed by atoms with Crippen molar-refractivity contribution in [2.24, 2.45) is 0 Å². The molecule has 0 bridgehead atoms. The van der Waals surface area contributed by atoms with E-state index in [1.165, 1.54) is 45.8 Å². The zero-order chi connectivity index (χ0) is 13.3. The molecule has 92 valence electrons. The second-order valence-electron chi connectivity index (χ2n) is 3.88. The van der Waals surface area contributed by atoms with Gasteiger partial charge in [-0.3, -0.25) is 0 Å². The van der Waals surface area contributed by atoms with Gasteiger partial charge in [0.15, 0.2) is 0 Å². The predicted octanol–water partition coefficient (Wildman–Crippen LogP) is -1.15. The molecule has 2 aromatic rings. The van der Waals surface area contributed by atoms with Gasteiger partial charge in [0.05, 0.1) is 0 Å². The second kappa shape index (κ2) is 5.22. The zero-order valence-corrected chi connectivity index (χ0v) is 14.3. The van der Waals surface area contributed by atoms with E-state index in [4.69, 9.17) is 0 Å². The van der Waals surface area contributed by atoms with Gasteiger partial charge in [-0.05, 0) is 0 Å². The van der Waals surface area contributed by atoms with E-state index < -0.39 is 0 Å². The van der Waals surface area contributed by atoms with Crippen molar-refractivity contribution in [3.05, 3.63) is 47.5 Å². The molecular weight excluding hydrogens is 354 g/mol. The molecule has 3 nitrogen and oxygen atoms in total. The molecule has 0 aliphatic carbocycles. The van der Waals surface area contributed by atoms with Gasteiger partial charge in [0.2, 0.25) is 0 Å². The third kappa shape index (κ3) is 2.63. The molecule has 2 rings (SSSR count). The Labute approximate surface area is 122 Å². The Hall–Kier alpha value is -1.17. The van der Waals surface area contributed by atoms with Crippen molar-refractivity contribution in [2.45, 2.75) is 0 Å². The summed E-state index contributed by atoms with van der Waals surface area (Å²) >= 11 is 2.61. The zero-order valence-electron chi connectivity index (χ0n) is 9.42. The third-order valence-corrected chi connectivity index (χ3v) is 4.63. The number of phenolic OH excluding ortho intramolecular Hbond substituents is 2. The van der Waals surface area contributed by atoms with Crippen molar-refractivity contribution in [2.75, 3.05) is 0 Å². The summed E-state index contributed by atoms with van der Waals surface area (Å²) in [5.41, 5.74) is 0.838. The van der Waals surface area contributed by atoms with E-state index in [0.717, 1.165) is 8.70 Å². The summed E-state index contributed by atoms with van der Waals surface area (Å²) < 4.78 is 1.57. The van der Waals surface area contributed by atoms with E-state index in [0.29, 0.717) is 11.1 Å². The number of hydrogen-bond donors (Lipinski definition) is 2. The molecule has 5 heteroatoms. The molecule has 0 aliphatic heterocycles. The third-order valence-electron chi connectivity index (χ3n) is 2.59. The first-order chi connectivity index (χ1) is 8.49. The number of carbonyl (C=O) groups is 1. The molecule has 2 N–H and O–H groups in total. The van der Waals surface area contributed by atoms with Crippen LogP contribution in [0, 0.1) is 0 Å². The van der Waals surface area contributed by atoms with Crippen LogP contribution in [0.1, 0.15) is 15.9 Å². The van der Waals surface area contributed by atoms with E-state index >= 15 is 0 Å². The van der Waals surface area contributed by atoms with Crippen LogP contribution in [0.3, 0.4) is 0 Å². The first kappa shape index (κ1) is 13.3. The molecule has 0 saturated carbocycles. The van der Waals surface area contributed by atoms with Crippen molar-refractivity contribution >= 4 is 48.2 Å². The molecule has 0 saturated heterocycles. The van der Waals surface area contributed by atoms with Crippen LogP contribution in [0.5, 0.6) is 11.5 Å². The molecule has 0 aliphatic rings. The first-order valence-electron chi connectivity index (χ1n) is 5.20. The van der Waals surface area contributed by atoms with Crippen molar-refractivity contribution in [3.63, 3.8) is 0 Å². The van der Waals surface area contributed by atoms with Crippen LogP contribution >= 0.6 is 0 Å². The Morgan fingerprint density at radius 2 is 1.22 bits per heavy atom. The van der Waals surface area contributed by atoms with Gasteiger partial charge in [-0.15, -0.1) is 0 Å². The van der Waals surface area contributed by atoms with Gasteiger partial charge in [0.25, 0.3) is 0 Å². The summed E-state index contributed by atoms with van der Waals surface area (Å²) in [4.78, 5) is 12.2. The number of carbonyl (C=O) groups excluding carboxylic acids is 1. The first-order valence-corrected chi connectivity index (χ1v) is 7.63. The average Bonchev–Trinajstić information content (AvgIpc) is 2.35. The molecule has 0 radical (unpaired) electrons. The molecule has 2 unspecified atom stereocenters. The second-order valence-corrected chi connectivity index (χ2v) is 6.49. The van der Waals surface area contributed by atoms with Crippen LogP contribution in [0.25, 0.3) is 0 Å². The molecule has 0 spiro atoms. The van der Waals surface area contributed by atoms with Gasteiger partial charge in [-0.25, -0.2) is 0 Å². The van der Waals surface area contributed by atoms with E-state index in [1.54, 1.807) is 24.3 Å². The van der Waals surface area contributed by atoms with Gasteiger partial charge in [-0.2, -0.15) is 0 Å². The van der Waals surface area contributed by atoms with Gasteiger partial charge < -0.3 is 0 Å². The van der Waals surface area contributed by atoms with Crippen molar-refractivity contribution in [3.8, 4) is 11.5 Å². The van der Waals surface area contributed by atoms with Crippen LogP contribution in [0.2, 0.25) is 0 Å². The fraction of sp³-hybridized carbons (Fsp3) is 0. The van der Waals surface area contributed by atoms with E-state index in [-0.39, 0.29) is 17.3 Å². The maximum atomic E-state index is 12.2. The van der Waals surface area contributed by atoms with Gasteiger partial charge in [0.1, 0.15) is 0 Å². The summed E-state index contributed by atoms with van der Waals surface area (Å²) in [7, 11) is 0. The fourth-order valence-electron chi connectivity index (χ4n) is 1.54. The van der Waals surface area contributed by atoms with Crippen LogP contribution in [-0.4, -0.2) is 49.7 Å². The topological polar surface area (TPSA) is 57.5 Å². The Balaban J connectivity index is 2.41.